The van der Waals surface area contributed by atoms with E-state index in [-0.39, 0.29) is 0 Å². The van der Waals surface area contributed by atoms with Crippen molar-refractivity contribution in [3.63, 3.8) is 0 Å². The molecule has 4 aromatic heterocycles. The second kappa shape index (κ2) is 6.21. The number of anilines is 1. The van der Waals surface area contributed by atoms with Crippen molar-refractivity contribution < 1.29 is 0 Å². The second-order valence-corrected chi connectivity index (χ2v) is 6.44. The van der Waals surface area contributed by atoms with Gasteiger partial charge in [0.15, 0.2) is 17.3 Å². The van der Waals surface area contributed by atoms with Gasteiger partial charge in [0.25, 0.3) is 0 Å². The van der Waals surface area contributed by atoms with E-state index < -0.39 is 0 Å². The molecule has 130 valence electrons. The van der Waals surface area contributed by atoms with Gasteiger partial charge in [0.1, 0.15) is 0 Å². The van der Waals surface area contributed by atoms with Gasteiger partial charge >= 0.3 is 0 Å². The molecule has 0 unspecified atom stereocenters. The van der Waals surface area contributed by atoms with Crippen LogP contribution in [0.4, 0.5) is 5.69 Å². The zero-order valence-electron chi connectivity index (χ0n) is 14.2. The fourth-order valence-electron chi connectivity index (χ4n) is 3.53. The van der Waals surface area contributed by atoms with Crippen LogP contribution in [-0.4, -0.2) is 47.7 Å². The summed E-state index contributed by atoms with van der Waals surface area (Å²) in [6.07, 6.45) is 9.36. The SMILES string of the molecule is c1cnn(-c2ccc3nnc(C4CCN(c5ccncc5)CC4)n3n2)c1. The summed E-state index contributed by atoms with van der Waals surface area (Å²) in [6, 6.07) is 9.85. The van der Waals surface area contributed by atoms with Crippen LogP contribution < -0.4 is 4.90 Å². The molecule has 5 heterocycles. The van der Waals surface area contributed by atoms with Gasteiger partial charge in [0.05, 0.1) is 0 Å². The molecule has 0 aliphatic carbocycles. The topological polar surface area (TPSA) is 77.0 Å². The summed E-state index contributed by atoms with van der Waals surface area (Å²) < 4.78 is 3.61. The van der Waals surface area contributed by atoms with Gasteiger partial charge in [-0.25, -0.2) is 4.68 Å². The molecule has 5 rings (SSSR count). The lowest BCUT2D eigenvalue weighted by Crippen LogP contribution is -2.33. The van der Waals surface area contributed by atoms with Crippen molar-refractivity contribution >= 4 is 11.3 Å². The second-order valence-electron chi connectivity index (χ2n) is 6.44. The maximum atomic E-state index is 4.70. The first kappa shape index (κ1) is 15.0. The van der Waals surface area contributed by atoms with Crippen LogP contribution in [0.3, 0.4) is 0 Å². The van der Waals surface area contributed by atoms with Crippen molar-refractivity contribution in [3.8, 4) is 5.82 Å². The van der Waals surface area contributed by atoms with E-state index in [1.165, 1.54) is 5.69 Å². The highest BCUT2D eigenvalue weighted by Gasteiger charge is 2.25. The molecular weight excluding hydrogens is 328 g/mol. The average molecular weight is 346 g/mol. The summed E-state index contributed by atoms with van der Waals surface area (Å²) in [4.78, 5) is 6.49. The van der Waals surface area contributed by atoms with Gasteiger partial charge < -0.3 is 4.90 Å². The lowest BCUT2D eigenvalue weighted by atomic mass is 9.96. The number of nitrogens with zero attached hydrogens (tertiary/aromatic N) is 8. The summed E-state index contributed by atoms with van der Waals surface area (Å²) in [6.45, 7) is 1.98. The van der Waals surface area contributed by atoms with E-state index >= 15 is 0 Å². The Morgan fingerprint density at radius 2 is 1.77 bits per heavy atom. The number of rotatable bonds is 3. The zero-order valence-corrected chi connectivity index (χ0v) is 14.2. The normalized spacial score (nSPS) is 15.6. The highest BCUT2D eigenvalue weighted by atomic mass is 15.4. The fraction of sp³-hybridized carbons (Fsp3) is 0.278. The monoisotopic (exact) mass is 346 g/mol. The Balaban J connectivity index is 1.40. The molecule has 0 radical (unpaired) electrons. The predicted molar refractivity (Wildman–Crippen MR) is 96.3 cm³/mol. The minimum Gasteiger partial charge on any atom is -0.371 e. The van der Waals surface area contributed by atoms with Gasteiger partial charge in [-0.05, 0) is 43.2 Å². The fourth-order valence-corrected chi connectivity index (χ4v) is 3.53. The van der Waals surface area contributed by atoms with Crippen LogP contribution >= 0.6 is 0 Å². The van der Waals surface area contributed by atoms with Crippen molar-refractivity contribution in [2.45, 2.75) is 18.8 Å². The molecule has 1 fully saturated rings. The third-order valence-electron chi connectivity index (χ3n) is 4.90. The molecule has 0 N–H and O–H groups in total. The number of aromatic nitrogens is 7. The molecule has 26 heavy (non-hydrogen) atoms. The molecule has 0 amide bonds. The van der Waals surface area contributed by atoms with Crippen LogP contribution in [0.2, 0.25) is 0 Å². The first-order chi connectivity index (χ1) is 12.9. The Hall–Kier alpha value is -3.29. The zero-order chi connectivity index (χ0) is 17.3. The molecule has 4 aromatic rings. The van der Waals surface area contributed by atoms with Crippen LogP contribution in [-0.2, 0) is 0 Å². The lowest BCUT2D eigenvalue weighted by Gasteiger charge is -2.32. The summed E-state index contributed by atoms with van der Waals surface area (Å²) in [5.74, 6) is 2.05. The quantitative estimate of drug-likeness (QED) is 0.565. The van der Waals surface area contributed by atoms with E-state index in [4.69, 9.17) is 5.10 Å². The predicted octanol–water partition coefficient (Wildman–Crippen LogP) is 2.09. The Morgan fingerprint density at radius 1 is 0.923 bits per heavy atom. The molecule has 0 aromatic carbocycles. The van der Waals surface area contributed by atoms with Gasteiger partial charge in [0.2, 0.25) is 0 Å². The Morgan fingerprint density at radius 3 is 2.54 bits per heavy atom. The van der Waals surface area contributed by atoms with Gasteiger partial charge in [-0.3, -0.25) is 4.98 Å². The summed E-state index contributed by atoms with van der Waals surface area (Å²) in [5, 5.41) is 17.7. The molecular formula is C18H18N8. The summed E-state index contributed by atoms with van der Waals surface area (Å²) in [5.41, 5.74) is 2.00. The Labute approximate surface area is 150 Å². The lowest BCUT2D eigenvalue weighted by molar-refractivity contribution is 0.477. The number of hydrogen-bond donors (Lipinski definition) is 0. The van der Waals surface area contributed by atoms with Crippen LogP contribution in [0, 0.1) is 0 Å². The molecule has 0 bridgehead atoms. The standard InChI is InChI=1S/C18H18N8/c1-8-20-25(11-1)17-3-2-16-21-22-18(26(16)23-17)14-6-12-24(13-7-14)15-4-9-19-10-5-15/h1-5,8-11,14H,6-7,12-13H2. The van der Waals surface area contributed by atoms with Crippen LogP contribution in [0.1, 0.15) is 24.6 Å². The highest BCUT2D eigenvalue weighted by Crippen LogP contribution is 2.29. The largest absolute Gasteiger partial charge is 0.371 e. The van der Waals surface area contributed by atoms with Gasteiger partial charge in [-0.1, -0.05) is 0 Å². The number of pyridine rings is 1. The Kier molecular flexibility index (Phi) is 3.59. The first-order valence-corrected chi connectivity index (χ1v) is 8.76. The van der Waals surface area contributed by atoms with Crippen molar-refractivity contribution in [1.82, 2.24) is 34.6 Å². The third kappa shape index (κ3) is 2.59. The average Bonchev–Trinajstić information content (AvgIpc) is 3.38. The smallest absolute Gasteiger partial charge is 0.178 e. The first-order valence-electron chi connectivity index (χ1n) is 8.76. The van der Waals surface area contributed by atoms with Crippen LogP contribution in [0.25, 0.3) is 11.5 Å². The van der Waals surface area contributed by atoms with Gasteiger partial charge in [-0.15, -0.1) is 15.3 Å². The highest BCUT2D eigenvalue weighted by molar-refractivity contribution is 5.45. The van der Waals surface area contributed by atoms with E-state index in [9.17, 15) is 0 Å². The minimum absolute atomic E-state index is 0.350. The molecule has 8 heteroatoms. The minimum atomic E-state index is 0.350. The summed E-state index contributed by atoms with van der Waals surface area (Å²) in [7, 11) is 0. The molecule has 0 atom stereocenters. The maximum absolute atomic E-state index is 4.70. The van der Waals surface area contributed by atoms with Crippen LogP contribution in [0.15, 0.2) is 55.1 Å². The molecule has 1 aliphatic heterocycles. The molecule has 1 saturated heterocycles. The van der Waals surface area contributed by atoms with Crippen molar-refractivity contribution in [2.24, 2.45) is 0 Å². The number of hydrogen-bond acceptors (Lipinski definition) is 6. The maximum Gasteiger partial charge on any atom is 0.178 e. The molecule has 1 aliphatic rings. The van der Waals surface area contributed by atoms with Crippen molar-refractivity contribution in [3.05, 3.63) is 60.9 Å². The molecule has 0 spiro atoms. The number of piperidine rings is 1. The van der Waals surface area contributed by atoms with E-state index in [1.807, 2.05) is 41.3 Å². The number of fused-ring (bicyclic) bond motifs is 1. The van der Waals surface area contributed by atoms with Gasteiger partial charge in [-0.2, -0.15) is 9.61 Å². The van der Waals surface area contributed by atoms with Crippen molar-refractivity contribution in [2.75, 3.05) is 18.0 Å². The van der Waals surface area contributed by atoms with E-state index in [0.29, 0.717) is 5.92 Å². The third-order valence-corrected chi connectivity index (χ3v) is 4.90. The van der Waals surface area contributed by atoms with E-state index in [2.05, 4.69) is 37.3 Å². The summed E-state index contributed by atoms with van der Waals surface area (Å²) >= 11 is 0. The van der Waals surface area contributed by atoms with Crippen LogP contribution in [0.5, 0.6) is 0 Å². The Bertz CT molecular complexity index is 1000. The molecule has 0 saturated carbocycles. The van der Waals surface area contributed by atoms with E-state index in [0.717, 1.165) is 43.2 Å². The van der Waals surface area contributed by atoms with E-state index in [1.54, 1.807) is 10.9 Å². The van der Waals surface area contributed by atoms with Gasteiger partial charge in [0, 0.05) is 49.5 Å². The molecule has 8 nitrogen and oxygen atoms in total. The van der Waals surface area contributed by atoms with Crippen molar-refractivity contribution in [1.29, 1.82) is 0 Å².